The third-order valence-electron chi connectivity index (χ3n) is 2.20. The smallest absolute Gasteiger partial charge is 0.0727 e. The van der Waals surface area contributed by atoms with Crippen molar-refractivity contribution in [3.8, 4) is 0 Å². The number of rotatable bonds is 3. The molecule has 0 radical (unpaired) electrons. The predicted molar refractivity (Wildman–Crippen MR) is 42.1 cm³/mol. The van der Waals surface area contributed by atoms with E-state index in [0.29, 0.717) is 12.1 Å². The molecule has 0 amide bonds. The fraction of sp³-hybridized carbons (Fsp3) is 1.00. The molecule has 1 rings (SSSR count). The Balaban J connectivity index is 2.27. The highest BCUT2D eigenvalue weighted by Gasteiger charge is 2.25. The maximum atomic E-state index is 5.54. The van der Waals surface area contributed by atoms with Crippen LogP contribution in [0.5, 0.6) is 0 Å². The van der Waals surface area contributed by atoms with Gasteiger partial charge in [-0.1, -0.05) is 0 Å². The van der Waals surface area contributed by atoms with Crippen LogP contribution in [0.3, 0.4) is 0 Å². The summed E-state index contributed by atoms with van der Waals surface area (Å²) in [5.41, 5.74) is 0. The Bertz CT molecular complexity index is 95.3. The molecule has 0 spiro atoms. The van der Waals surface area contributed by atoms with Crippen molar-refractivity contribution in [2.75, 3.05) is 13.7 Å². The normalized spacial score (nSPS) is 33.0. The fourth-order valence-corrected chi connectivity index (χ4v) is 1.67. The Morgan fingerprint density at radius 2 is 2.30 bits per heavy atom. The summed E-state index contributed by atoms with van der Waals surface area (Å²) in [6.45, 7) is 2.91. The van der Waals surface area contributed by atoms with Crippen molar-refractivity contribution in [2.45, 2.75) is 38.3 Å². The number of hydrogen-bond acceptors (Lipinski definition) is 2. The second-order valence-electron chi connectivity index (χ2n) is 2.82. The van der Waals surface area contributed by atoms with Gasteiger partial charge in [0.05, 0.1) is 6.10 Å². The first kappa shape index (κ1) is 8.02. The quantitative estimate of drug-likeness (QED) is 0.640. The standard InChI is InChI=1S/C8H17NO/c1-3-10-8-6-4-5-7(8)9-2/h7-9H,3-6H2,1-2H3. The highest BCUT2D eigenvalue weighted by atomic mass is 16.5. The largest absolute Gasteiger partial charge is 0.377 e. The number of likely N-dealkylation sites (N-methyl/N-ethyl adjacent to an activating group) is 1. The zero-order valence-electron chi connectivity index (χ0n) is 6.89. The highest BCUT2D eigenvalue weighted by Crippen LogP contribution is 2.21. The van der Waals surface area contributed by atoms with Crippen LogP contribution in [0.2, 0.25) is 0 Å². The van der Waals surface area contributed by atoms with E-state index in [1.807, 2.05) is 7.05 Å². The second kappa shape index (κ2) is 3.94. The summed E-state index contributed by atoms with van der Waals surface area (Å²) in [6.07, 6.45) is 4.31. The molecular formula is C8H17NO. The molecular weight excluding hydrogens is 126 g/mol. The van der Waals surface area contributed by atoms with Crippen LogP contribution in [0.1, 0.15) is 26.2 Å². The molecule has 0 aliphatic heterocycles. The second-order valence-corrected chi connectivity index (χ2v) is 2.82. The molecule has 0 saturated heterocycles. The average molecular weight is 143 g/mol. The first-order chi connectivity index (χ1) is 4.88. The lowest BCUT2D eigenvalue weighted by molar-refractivity contribution is 0.0507. The van der Waals surface area contributed by atoms with E-state index in [9.17, 15) is 0 Å². The Labute approximate surface area is 63.0 Å². The summed E-state index contributed by atoms with van der Waals surface area (Å²) in [4.78, 5) is 0. The molecule has 1 N–H and O–H groups in total. The van der Waals surface area contributed by atoms with Crippen LogP contribution in [-0.4, -0.2) is 25.8 Å². The molecule has 0 bridgehead atoms. The van der Waals surface area contributed by atoms with E-state index >= 15 is 0 Å². The van der Waals surface area contributed by atoms with E-state index in [1.54, 1.807) is 0 Å². The lowest BCUT2D eigenvalue weighted by Crippen LogP contribution is -2.34. The van der Waals surface area contributed by atoms with Crippen molar-refractivity contribution in [1.82, 2.24) is 5.32 Å². The molecule has 0 aromatic rings. The van der Waals surface area contributed by atoms with E-state index in [0.717, 1.165) is 6.61 Å². The Morgan fingerprint density at radius 3 is 2.90 bits per heavy atom. The van der Waals surface area contributed by atoms with Crippen molar-refractivity contribution in [2.24, 2.45) is 0 Å². The minimum atomic E-state index is 0.481. The third kappa shape index (κ3) is 1.70. The molecule has 2 nitrogen and oxygen atoms in total. The van der Waals surface area contributed by atoms with Crippen LogP contribution in [0.25, 0.3) is 0 Å². The Hall–Kier alpha value is -0.0800. The molecule has 60 valence electrons. The number of hydrogen-bond donors (Lipinski definition) is 1. The van der Waals surface area contributed by atoms with E-state index in [2.05, 4.69) is 12.2 Å². The van der Waals surface area contributed by atoms with E-state index in [4.69, 9.17) is 4.74 Å². The van der Waals surface area contributed by atoms with E-state index < -0.39 is 0 Å². The number of nitrogens with one attached hydrogen (secondary N) is 1. The fourth-order valence-electron chi connectivity index (χ4n) is 1.67. The summed E-state index contributed by atoms with van der Waals surface area (Å²) in [5.74, 6) is 0. The van der Waals surface area contributed by atoms with Gasteiger partial charge in [-0.05, 0) is 33.2 Å². The lowest BCUT2D eigenvalue weighted by Gasteiger charge is -2.18. The first-order valence-corrected chi connectivity index (χ1v) is 4.17. The molecule has 2 unspecified atom stereocenters. The predicted octanol–water partition coefficient (Wildman–Crippen LogP) is 1.16. The van der Waals surface area contributed by atoms with E-state index in [1.165, 1.54) is 19.3 Å². The van der Waals surface area contributed by atoms with Gasteiger partial charge in [0.2, 0.25) is 0 Å². The molecule has 0 heterocycles. The topological polar surface area (TPSA) is 21.3 Å². The minimum absolute atomic E-state index is 0.481. The first-order valence-electron chi connectivity index (χ1n) is 4.17. The summed E-state index contributed by atoms with van der Waals surface area (Å²) < 4.78 is 5.54. The maximum Gasteiger partial charge on any atom is 0.0727 e. The van der Waals surface area contributed by atoms with Gasteiger partial charge >= 0.3 is 0 Å². The Morgan fingerprint density at radius 1 is 1.50 bits per heavy atom. The van der Waals surface area contributed by atoms with Crippen LogP contribution >= 0.6 is 0 Å². The van der Waals surface area contributed by atoms with Gasteiger partial charge in [0.15, 0.2) is 0 Å². The molecule has 1 aliphatic carbocycles. The third-order valence-corrected chi connectivity index (χ3v) is 2.20. The zero-order chi connectivity index (χ0) is 7.40. The molecule has 0 aromatic carbocycles. The van der Waals surface area contributed by atoms with Crippen LogP contribution in [0, 0.1) is 0 Å². The molecule has 0 aromatic heterocycles. The molecule has 2 atom stereocenters. The molecule has 1 fully saturated rings. The highest BCUT2D eigenvalue weighted by molar-refractivity contribution is 4.82. The van der Waals surface area contributed by atoms with Crippen molar-refractivity contribution < 1.29 is 4.74 Å². The minimum Gasteiger partial charge on any atom is -0.377 e. The Kier molecular flexibility index (Phi) is 3.16. The van der Waals surface area contributed by atoms with Crippen molar-refractivity contribution in [3.63, 3.8) is 0 Å². The molecule has 1 saturated carbocycles. The van der Waals surface area contributed by atoms with Crippen molar-refractivity contribution >= 4 is 0 Å². The van der Waals surface area contributed by atoms with Gasteiger partial charge in [-0.15, -0.1) is 0 Å². The lowest BCUT2D eigenvalue weighted by atomic mass is 10.2. The van der Waals surface area contributed by atoms with Crippen LogP contribution in [0.4, 0.5) is 0 Å². The van der Waals surface area contributed by atoms with Crippen molar-refractivity contribution in [1.29, 1.82) is 0 Å². The van der Waals surface area contributed by atoms with E-state index in [-0.39, 0.29) is 0 Å². The SMILES string of the molecule is CCOC1CCCC1NC. The van der Waals surface area contributed by atoms with Crippen LogP contribution < -0.4 is 5.32 Å². The summed E-state index contributed by atoms with van der Waals surface area (Å²) in [5, 5.41) is 3.27. The summed E-state index contributed by atoms with van der Waals surface area (Å²) in [6, 6.07) is 0.611. The van der Waals surface area contributed by atoms with Gasteiger partial charge in [0.1, 0.15) is 0 Å². The number of ether oxygens (including phenoxy) is 1. The van der Waals surface area contributed by atoms with Gasteiger partial charge < -0.3 is 10.1 Å². The van der Waals surface area contributed by atoms with Crippen molar-refractivity contribution in [3.05, 3.63) is 0 Å². The van der Waals surface area contributed by atoms with Gasteiger partial charge in [0, 0.05) is 12.6 Å². The van der Waals surface area contributed by atoms with Gasteiger partial charge in [-0.25, -0.2) is 0 Å². The van der Waals surface area contributed by atoms with Crippen LogP contribution in [-0.2, 0) is 4.74 Å². The zero-order valence-corrected chi connectivity index (χ0v) is 6.89. The monoisotopic (exact) mass is 143 g/mol. The van der Waals surface area contributed by atoms with Gasteiger partial charge in [0.25, 0.3) is 0 Å². The average Bonchev–Trinajstić information content (AvgIpc) is 2.36. The summed E-state index contributed by atoms with van der Waals surface area (Å²) >= 11 is 0. The van der Waals surface area contributed by atoms with Gasteiger partial charge in [-0.2, -0.15) is 0 Å². The molecule has 1 aliphatic rings. The maximum absolute atomic E-state index is 5.54. The summed E-state index contributed by atoms with van der Waals surface area (Å²) in [7, 11) is 2.02. The molecule has 10 heavy (non-hydrogen) atoms. The molecule has 2 heteroatoms. The van der Waals surface area contributed by atoms with Crippen LogP contribution in [0.15, 0.2) is 0 Å². The van der Waals surface area contributed by atoms with Gasteiger partial charge in [-0.3, -0.25) is 0 Å².